The van der Waals surface area contributed by atoms with E-state index in [2.05, 4.69) is 37.6 Å². The molecule has 0 heterocycles. The van der Waals surface area contributed by atoms with Crippen LogP contribution in [-0.4, -0.2) is 23.7 Å². The summed E-state index contributed by atoms with van der Waals surface area (Å²) in [5, 5.41) is 7.60. The maximum Gasteiger partial charge on any atom is 0.333 e. The summed E-state index contributed by atoms with van der Waals surface area (Å²) in [7, 11) is 0. The number of rotatable bonds is 4. The first kappa shape index (κ1) is 19.5. The lowest BCUT2D eigenvalue weighted by atomic mass is 10.4. The second kappa shape index (κ2) is 15.4. The van der Waals surface area contributed by atoms with E-state index in [9.17, 15) is 9.59 Å². The summed E-state index contributed by atoms with van der Waals surface area (Å²) in [4.78, 5) is 19.8. The van der Waals surface area contributed by atoms with Crippen molar-refractivity contribution in [3.05, 3.63) is 50.6 Å². The van der Waals surface area contributed by atoms with Crippen molar-refractivity contribution < 1.29 is 19.4 Å². The Morgan fingerprint density at radius 2 is 1.69 bits per heavy atom. The van der Waals surface area contributed by atoms with Gasteiger partial charge in [-0.05, 0) is 6.92 Å². The second-order valence-electron chi connectivity index (χ2n) is 2.21. The van der Waals surface area contributed by atoms with Gasteiger partial charge in [0.25, 0.3) is 0 Å². The minimum absolute atomic E-state index is 0.256. The summed E-state index contributed by atoms with van der Waals surface area (Å²) >= 11 is 0. The molecule has 0 rings (SSSR count). The number of hydrogen-bond donors (Lipinski definition) is 1. The average Bonchev–Trinajstić information content (AvgIpc) is 2.29. The topological polar surface area (TPSA) is 63.6 Å². The van der Waals surface area contributed by atoms with Crippen LogP contribution in [0.5, 0.6) is 0 Å². The molecule has 0 aliphatic carbocycles. The second-order valence-corrected chi connectivity index (χ2v) is 2.21. The van der Waals surface area contributed by atoms with Gasteiger partial charge in [0.2, 0.25) is 0 Å². The van der Waals surface area contributed by atoms with Gasteiger partial charge in [-0.3, -0.25) is 0 Å². The summed E-state index contributed by atoms with van der Waals surface area (Å²) in [5.41, 5.74) is 0.414. The largest absolute Gasteiger partial charge is 0.478 e. The molecule has 0 aromatic heterocycles. The van der Waals surface area contributed by atoms with Gasteiger partial charge in [0.15, 0.2) is 0 Å². The molecule has 0 fully saturated rings. The van der Waals surface area contributed by atoms with Crippen LogP contribution in [0.2, 0.25) is 0 Å². The number of esters is 1. The number of aliphatic carboxylic acids is 1. The maximum absolute atomic E-state index is 10.5. The van der Waals surface area contributed by atoms with E-state index in [0.717, 1.165) is 6.08 Å². The Balaban J connectivity index is -0.000000205. The van der Waals surface area contributed by atoms with Gasteiger partial charge in [-0.1, -0.05) is 25.8 Å². The smallest absolute Gasteiger partial charge is 0.333 e. The van der Waals surface area contributed by atoms with Gasteiger partial charge in [0, 0.05) is 11.6 Å². The molecule has 0 aliphatic heterocycles. The average molecular weight is 226 g/mol. The number of hydrogen-bond acceptors (Lipinski definition) is 3. The van der Waals surface area contributed by atoms with Crippen molar-refractivity contribution in [1.82, 2.24) is 0 Å². The third-order valence-corrected chi connectivity index (χ3v) is 0.855. The number of carboxylic acids is 1. The molecule has 0 amide bonds. The zero-order valence-corrected chi connectivity index (χ0v) is 9.57. The number of carbonyl (C=O) groups is 2. The van der Waals surface area contributed by atoms with E-state index in [-0.39, 0.29) is 12.6 Å². The Morgan fingerprint density at radius 1 is 1.31 bits per heavy atom. The molecule has 0 saturated heterocycles. The highest BCUT2D eigenvalue weighted by Crippen LogP contribution is 1.90. The molecule has 4 nitrogen and oxygen atoms in total. The molecular formula is C12H18O4. The van der Waals surface area contributed by atoms with Crippen molar-refractivity contribution >= 4 is 11.9 Å². The van der Waals surface area contributed by atoms with E-state index in [1.807, 2.05) is 0 Å². The first-order valence-electron chi connectivity index (χ1n) is 4.24. The van der Waals surface area contributed by atoms with Crippen LogP contribution in [0.15, 0.2) is 50.6 Å². The van der Waals surface area contributed by atoms with Crippen LogP contribution in [0.4, 0.5) is 0 Å². The molecule has 4 heteroatoms. The maximum atomic E-state index is 10.5. The van der Waals surface area contributed by atoms with Crippen LogP contribution in [0, 0.1) is 0 Å². The van der Waals surface area contributed by atoms with Crippen molar-refractivity contribution in [1.29, 1.82) is 0 Å². The fraction of sp³-hybridized carbons (Fsp3) is 0.167. The lowest BCUT2D eigenvalue weighted by Crippen LogP contribution is -2.03. The summed E-state index contributed by atoms with van der Waals surface area (Å²) in [6.07, 6.45) is 2.35. The third-order valence-electron chi connectivity index (χ3n) is 0.855. The molecular weight excluding hydrogens is 208 g/mol. The summed E-state index contributed by atoms with van der Waals surface area (Å²) in [6.45, 7) is 17.6. The van der Waals surface area contributed by atoms with Gasteiger partial charge in [0.05, 0.1) is 0 Å². The fourth-order valence-electron chi connectivity index (χ4n) is 0.258. The molecule has 16 heavy (non-hydrogen) atoms. The highest BCUT2D eigenvalue weighted by Gasteiger charge is 1.98. The van der Waals surface area contributed by atoms with Gasteiger partial charge >= 0.3 is 11.9 Å². The number of ether oxygens (including phenoxy) is 1. The lowest BCUT2D eigenvalue weighted by molar-refractivity contribution is -0.137. The summed E-state index contributed by atoms with van der Waals surface area (Å²) in [6, 6.07) is 0. The molecule has 90 valence electrons. The first-order valence-corrected chi connectivity index (χ1v) is 4.24. The monoisotopic (exact) mass is 226 g/mol. The third kappa shape index (κ3) is 22.7. The van der Waals surface area contributed by atoms with Crippen molar-refractivity contribution in [3.63, 3.8) is 0 Å². The van der Waals surface area contributed by atoms with Crippen molar-refractivity contribution in [2.45, 2.75) is 6.92 Å². The molecule has 0 bridgehead atoms. The van der Waals surface area contributed by atoms with E-state index >= 15 is 0 Å². The molecule has 0 unspecified atom stereocenters. The molecule has 0 atom stereocenters. The van der Waals surface area contributed by atoms with Crippen LogP contribution in [0.25, 0.3) is 0 Å². The molecule has 1 N–H and O–H groups in total. The highest BCUT2D eigenvalue weighted by molar-refractivity contribution is 5.86. The van der Waals surface area contributed by atoms with Crippen LogP contribution in [-0.2, 0) is 14.3 Å². The normalized spacial score (nSPS) is 6.81. The lowest BCUT2D eigenvalue weighted by Gasteiger charge is -1.97. The summed E-state index contributed by atoms with van der Waals surface area (Å²) in [5.74, 6) is -1.35. The first-order chi connectivity index (χ1) is 7.45. The van der Waals surface area contributed by atoms with Gasteiger partial charge in [-0.15, -0.1) is 13.2 Å². The molecule has 0 radical (unpaired) electrons. The summed E-state index contributed by atoms with van der Waals surface area (Å²) < 4.78 is 4.60. The standard InChI is InChI=1S/C7H10O2.C3H4O2.C2H4/c1-4-5-9-7(8)6(2)3;1-2-3(4)5;1-2/h4H,1-2,5H2,3H3;2H,1H2,(H,4,5);1-2H2. The zero-order valence-electron chi connectivity index (χ0n) is 9.57. The molecule has 0 aromatic rings. The molecule has 0 aromatic carbocycles. The van der Waals surface area contributed by atoms with E-state index < -0.39 is 5.97 Å². The van der Waals surface area contributed by atoms with Crippen molar-refractivity contribution in [3.8, 4) is 0 Å². The molecule has 0 spiro atoms. The Bertz CT molecular complexity index is 254. The number of carbonyl (C=O) groups excluding carboxylic acids is 1. The predicted octanol–water partition coefficient (Wildman–Crippen LogP) is 2.35. The van der Waals surface area contributed by atoms with Crippen LogP contribution >= 0.6 is 0 Å². The quantitative estimate of drug-likeness (QED) is 0.454. The highest BCUT2D eigenvalue weighted by atomic mass is 16.5. The van der Waals surface area contributed by atoms with Crippen LogP contribution in [0.3, 0.4) is 0 Å². The van der Waals surface area contributed by atoms with Gasteiger partial charge in [-0.2, -0.15) is 0 Å². The molecule has 0 saturated carbocycles. The van der Waals surface area contributed by atoms with E-state index in [1.54, 1.807) is 6.92 Å². The molecule has 0 aliphatic rings. The SMILES string of the molecule is C=C.C=CC(=O)O.C=CCOC(=O)C(=C)C. The zero-order chi connectivity index (χ0) is 13.6. The van der Waals surface area contributed by atoms with E-state index in [0.29, 0.717) is 5.57 Å². The Labute approximate surface area is 96.2 Å². The Morgan fingerprint density at radius 3 is 1.88 bits per heavy atom. The predicted molar refractivity (Wildman–Crippen MR) is 65.1 cm³/mol. The fourth-order valence-corrected chi connectivity index (χ4v) is 0.258. The minimum atomic E-state index is -0.981. The van der Waals surface area contributed by atoms with Gasteiger partial charge in [0.1, 0.15) is 6.61 Å². The van der Waals surface area contributed by atoms with Gasteiger partial charge in [-0.25, -0.2) is 9.59 Å². The van der Waals surface area contributed by atoms with E-state index in [4.69, 9.17) is 5.11 Å². The van der Waals surface area contributed by atoms with Crippen molar-refractivity contribution in [2.24, 2.45) is 0 Å². The van der Waals surface area contributed by atoms with Crippen LogP contribution in [0.1, 0.15) is 6.92 Å². The Hall–Kier alpha value is -2.10. The number of carboxylic acid groups (broad SMARTS) is 1. The minimum Gasteiger partial charge on any atom is -0.478 e. The van der Waals surface area contributed by atoms with Crippen molar-refractivity contribution in [2.75, 3.05) is 6.61 Å². The van der Waals surface area contributed by atoms with E-state index in [1.165, 1.54) is 6.08 Å². The van der Waals surface area contributed by atoms with Crippen LogP contribution < -0.4 is 0 Å². The van der Waals surface area contributed by atoms with Gasteiger partial charge < -0.3 is 9.84 Å². The Kier molecular flexibility index (Phi) is 18.7.